The molecule has 45 heavy (non-hydrogen) atoms. The van der Waals surface area contributed by atoms with Gasteiger partial charge in [0.05, 0.1) is 32.0 Å². The van der Waals surface area contributed by atoms with E-state index in [0.29, 0.717) is 6.42 Å². The minimum Gasteiger partial charge on any atom is -0.394 e. The van der Waals surface area contributed by atoms with Crippen LogP contribution in [0.1, 0.15) is 40.0 Å². The highest BCUT2D eigenvalue weighted by Gasteiger charge is 2.61. The van der Waals surface area contributed by atoms with E-state index < -0.39 is 97.7 Å². The lowest BCUT2D eigenvalue weighted by Crippen LogP contribution is -2.64. The van der Waals surface area contributed by atoms with E-state index in [0.717, 1.165) is 12.8 Å². The molecule has 0 spiro atoms. The van der Waals surface area contributed by atoms with Crippen molar-refractivity contribution in [3.05, 3.63) is 36.5 Å². The predicted octanol–water partition coefficient (Wildman–Crippen LogP) is -1.52. The van der Waals surface area contributed by atoms with Crippen LogP contribution in [0, 0.1) is 28.1 Å². The van der Waals surface area contributed by atoms with E-state index in [1.54, 1.807) is 0 Å². The Bertz CT molecular complexity index is 1130. The Morgan fingerprint density at radius 3 is 2.09 bits per heavy atom. The van der Waals surface area contributed by atoms with Gasteiger partial charge in [0.1, 0.15) is 48.8 Å². The van der Waals surface area contributed by atoms with Crippen molar-refractivity contribution in [1.82, 2.24) is 0 Å². The van der Waals surface area contributed by atoms with Crippen LogP contribution in [0.25, 0.3) is 0 Å². The first-order chi connectivity index (χ1) is 21.1. The maximum absolute atomic E-state index is 11.3. The second-order valence-corrected chi connectivity index (χ2v) is 14.4. The Labute approximate surface area is 263 Å². The van der Waals surface area contributed by atoms with Gasteiger partial charge in [0, 0.05) is 10.8 Å². The number of hydrogen-bond acceptors (Lipinski definition) is 13. The van der Waals surface area contributed by atoms with Gasteiger partial charge in [-0.15, -0.1) is 6.58 Å². The van der Waals surface area contributed by atoms with Crippen molar-refractivity contribution in [1.29, 1.82) is 0 Å². The second-order valence-electron chi connectivity index (χ2n) is 14.4. The summed E-state index contributed by atoms with van der Waals surface area (Å²) in [4.78, 5) is 0. The minimum atomic E-state index is -1.71. The van der Waals surface area contributed by atoms with E-state index in [4.69, 9.17) is 18.9 Å². The summed E-state index contributed by atoms with van der Waals surface area (Å²) in [6.07, 6.45) is -7.13. The lowest BCUT2D eigenvalue weighted by atomic mass is 9.46. The lowest BCUT2D eigenvalue weighted by molar-refractivity contribution is -0.336. The average Bonchev–Trinajstić information content (AvgIpc) is 3.01. The van der Waals surface area contributed by atoms with E-state index in [9.17, 15) is 46.0 Å². The van der Waals surface area contributed by atoms with Crippen molar-refractivity contribution in [3.63, 3.8) is 0 Å². The van der Waals surface area contributed by atoms with Crippen LogP contribution in [0.5, 0.6) is 0 Å². The monoisotopic (exact) mass is 642 g/mol. The van der Waals surface area contributed by atoms with Crippen molar-refractivity contribution >= 4 is 0 Å². The smallest absolute Gasteiger partial charge is 0.186 e. The van der Waals surface area contributed by atoms with E-state index >= 15 is 0 Å². The van der Waals surface area contributed by atoms with Gasteiger partial charge in [-0.25, -0.2) is 0 Å². The van der Waals surface area contributed by atoms with Crippen molar-refractivity contribution < 1.29 is 64.9 Å². The molecule has 2 aliphatic heterocycles. The molecule has 3 aliphatic carbocycles. The van der Waals surface area contributed by atoms with Crippen LogP contribution in [0.4, 0.5) is 0 Å². The molecule has 3 fully saturated rings. The summed E-state index contributed by atoms with van der Waals surface area (Å²) >= 11 is 0. The van der Waals surface area contributed by atoms with E-state index in [1.807, 2.05) is 13.0 Å². The standard InChI is InChI=1S/C32H50O13/c1-5-30(2)9-8-16-15(10-30)6-7-20-31(16,3)11-17(34)27(41)32(20,4)14-43-29-26(40)24(38)22(36)19(45-29)13-42-28-25(39)23(37)21(35)18(12-33)44-28/h5-7,10,16-29,33-41H,1,8-9,11-14H2,2-4H3/t16-,17+,18+,19+,20+,21+,22+,23-,24+,25+,26-,27-,28-,29+,30-,31+,32+/m0/s1. The fourth-order valence-corrected chi connectivity index (χ4v) is 8.31. The van der Waals surface area contributed by atoms with Gasteiger partial charge >= 0.3 is 0 Å². The number of rotatable bonds is 8. The molecule has 5 rings (SSSR count). The molecule has 0 unspecified atom stereocenters. The SMILES string of the molecule is C=C[C@]1(C)C=C2C=C[C@@H]3[C@](C)(C[C@@H](O)[C@H](O)[C@]3(C)CO[C@@H]3O[C@H](CO[C@H]4O[C@H](CO)[C@@H](O)[C@H](O)[C@H]4O)[C@@H](O)[C@@H](O)[C@@H]3O)[C@H]2CC1. The molecule has 0 aromatic carbocycles. The molecule has 0 bridgehead atoms. The molecule has 13 nitrogen and oxygen atoms in total. The molecular formula is C32H50O13. The van der Waals surface area contributed by atoms with E-state index in [2.05, 4.69) is 38.7 Å². The molecule has 13 heteroatoms. The van der Waals surface area contributed by atoms with Crippen LogP contribution in [-0.4, -0.2) is 139 Å². The number of hydrogen-bond donors (Lipinski definition) is 9. The highest BCUT2D eigenvalue weighted by atomic mass is 16.7. The van der Waals surface area contributed by atoms with Gasteiger partial charge in [-0.05, 0) is 42.1 Å². The third kappa shape index (κ3) is 6.10. The molecule has 0 aromatic rings. The Balaban J connectivity index is 1.31. The van der Waals surface area contributed by atoms with Gasteiger partial charge in [-0.1, -0.05) is 45.1 Å². The average molecular weight is 643 g/mol. The van der Waals surface area contributed by atoms with E-state index in [1.165, 1.54) is 5.57 Å². The summed E-state index contributed by atoms with van der Waals surface area (Å²) in [6, 6.07) is 0. The summed E-state index contributed by atoms with van der Waals surface area (Å²) < 4.78 is 22.7. The lowest BCUT2D eigenvalue weighted by Gasteiger charge is -2.60. The molecular weight excluding hydrogens is 592 g/mol. The topological polar surface area (TPSA) is 219 Å². The number of aliphatic hydroxyl groups excluding tert-OH is 9. The fraction of sp³-hybridized carbons (Fsp3) is 0.812. The summed E-state index contributed by atoms with van der Waals surface area (Å²) in [5, 5.41) is 94.2. The quantitative estimate of drug-likeness (QED) is 0.138. The largest absolute Gasteiger partial charge is 0.394 e. The number of allylic oxidation sites excluding steroid dienone is 5. The molecule has 9 N–H and O–H groups in total. The van der Waals surface area contributed by atoms with Gasteiger partial charge < -0.3 is 64.9 Å². The molecule has 0 aromatic heterocycles. The third-order valence-corrected chi connectivity index (χ3v) is 11.2. The summed E-state index contributed by atoms with van der Waals surface area (Å²) in [7, 11) is 0. The summed E-state index contributed by atoms with van der Waals surface area (Å²) in [5.74, 6) is -0.0837. The van der Waals surface area contributed by atoms with Crippen LogP contribution < -0.4 is 0 Å². The Morgan fingerprint density at radius 1 is 0.867 bits per heavy atom. The highest BCUT2D eigenvalue weighted by Crippen LogP contribution is 2.62. The zero-order valence-electron chi connectivity index (χ0n) is 26.0. The molecule has 2 heterocycles. The van der Waals surface area contributed by atoms with Crippen LogP contribution in [0.15, 0.2) is 36.5 Å². The predicted molar refractivity (Wildman–Crippen MR) is 157 cm³/mol. The Morgan fingerprint density at radius 2 is 1.47 bits per heavy atom. The van der Waals surface area contributed by atoms with Crippen molar-refractivity contribution in [2.75, 3.05) is 19.8 Å². The van der Waals surface area contributed by atoms with Crippen LogP contribution in [-0.2, 0) is 18.9 Å². The molecule has 0 amide bonds. The first-order valence-corrected chi connectivity index (χ1v) is 15.7. The zero-order chi connectivity index (χ0) is 33.1. The molecule has 17 atom stereocenters. The van der Waals surface area contributed by atoms with E-state index in [-0.39, 0.29) is 23.9 Å². The summed E-state index contributed by atoms with van der Waals surface area (Å²) in [6.45, 7) is 8.77. The first-order valence-electron chi connectivity index (χ1n) is 15.7. The van der Waals surface area contributed by atoms with Gasteiger partial charge in [-0.2, -0.15) is 0 Å². The molecule has 1 saturated carbocycles. The highest BCUT2D eigenvalue weighted by molar-refractivity contribution is 5.37. The van der Waals surface area contributed by atoms with Gasteiger partial charge in [0.25, 0.3) is 0 Å². The minimum absolute atomic E-state index is 0.124. The van der Waals surface area contributed by atoms with Crippen LogP contribution >= 0.6 is 0 Å². The second kappa shape index (κ2) is 13.0. The molecule has 2 saturated heterocycles. The zero-order valence-corrected chi connectivity index (χ0v) is 26.0. The van der Waals surface area contributed by atoms with Crippen molar-refractivity contribution in [2.24, 2.45) is 28.1 Å². The Hall–Kier alpha value is -1.30. The van der Waals surface area contributed by atoms with Gasteiger partial charge in [0.15, 0.2) is 12.6 Å². The Kier molecular flexibility index (Phi) is 10.1. The molecule has 0 radical (unpaired) electrons. The number of fused-ring (bicyclic) bond motifs is 3. The molecule has 256 valence electrons. The fourth-order valence-electron chi connectivity index (χ4n) is 8.31. The van der Waals surface area contributed by atoms with Gasteiger partial charge in [-0.3, -0.25) is 0 Å². The third-order valence-electron chi connectivity index (χ3n) is 11.2. The number of aliphatic hydroxyl groups is 9. The number of ether oxygens (including phenoxy) is 4. The maximum atomic E-state index is 11.3. The summed E-state index contributed by atoms with van der Waals surface area (Å²) in [5.41, 5.74) is -0.384. The van der Waals surface area contributed by atoms with Crippen molar-refractivity contribution in [3.8, 4) is 0 Å². The van der Waals surface area contributed by atoms with Crippen LogP contribution in [0.2, 0.25) is 0 Å². The van der Waals surface area contributed by atoms with Crippen LogP contribution in [0.3, 0.4) is 0 Å². The first kappa shape index (κ1) is 35.0. The molecule has 5 aliphatic rings. The van der Waals surface area contributed by atoms with Gasteiger partial charge in [0.2, 0.25) is 0 Å². The maximum Gasteiger partial charge on any atom is 0.186 e. The van der Waals surface area contributed by atoms with Crippen molar-refractivity contribution in [2.45, 2.75) is 114 Å². The normalized spacial score (nSPS) is 53.3.